The largest absolute Gasteiger partial charge is 0.336 e. The molecule has 0 radical (unpaired) electrons. The second kappa shape index (κ2) is 7.17. The van der Waals surface area contributed by atoms with Crippen LogP contribution in [0.15, 0.2) is 24.3 Å². The molecule has 0 spiro atoms. The maximum atomic E-state index is 12.6. The third kappa shape index (κ3) is 3.57. The molecule has 0 aliphatic carbocycles. The minimum Gasteiger partial charge on any atom is -0.336 e. The first-order valence-corrected chi connectivity index (χ1v) is 6.70. The predicted octanol–water partition coefficient (Wildman–Crippen LogP) is 2.45. The van der Waals surface area contributed by atoms with Crippen LogP contribution < -0.4 is 5.73 Å². The number of nitrogens with zero attached hydrogens (tertiary/aromatic N) is 1. The zero-order valence-electron chi connectivity index (χ0n) is 11.6. The van der Waals surface area contributed by atoms with Crippen molar-refractivity contribution >= 4 is 5.91 Å². The van der Waals surface area contributed by atoms with Gasteiger partial charge in [-0.15, -0.1) is 0 Å². The van der Waals surface area contributed by atoms with Gasteiger partial charge in [-0.1, -0.05) is 25.1 Å². The zero-order chi connectivity index (χ0) is 13.5. The lowest BCUT2D eigenvalue weighted by Gasteiger charge is -2.27. The summed E-state index contributed by atoms with van der Waals surface area (Å²) < 4.78 is 0. The minimum absolute atomic E-state index is 0.121. The summed E-state index contributed by atoms with van der Waals surface area (Å²) >= 11 is 0. The van der Waals surface area contributed by atoms with Gasteiger partial charge in [0.05, 0.1) is 0 Å². The van der Waals surface area contributed by atoms with E-state index in [0.29, 0.717) is 6.54 Å². The highest BCUT2D eigenvalue weighted by Crippen LogP contribution is 2.14. The maximum absolute atomic E-state index is 12.6. The first-order chi connectivity index (χ1) is 8.61. The fourth-order valence-corrected chi connectivity index (χ4v) is 2.05. The Bertz CT molecular complexity index is 388. The second-order valence-electron chi connectivity index (χ2n) is 4.75. The molecule has 1 rings (SSSR count). The molecule has 0 aliphatic rings. The van der Waals surface area contributed by atoms with Gasteiger partial charge in [-0.3, -0.25) is 4.79 Å². The topological polar surface area (TPSA) is 46.3 Å². The lowest BCUT2D eigenvalue weighted by Crippen LogP contribution is -2.38. The van der Waals surface area contributed by atoms with Crippen LogP contribution in [0.3, 0.4) is 0 Å². The number of rotatable bonds is 6. The molecular weight excluding hydrogens is 224 g/mol. The summed E-state index contributed by atoms with van der Waals surface area (Å²) in [7, 11) is 0. The maximum Gasteiger partial charge on any atom is 0.254 e. The van der Waals surface area contributed by atoms with Crippen LogP contribution in [-0.2, 0) is 6.42 Å². The lowest BCUT2D eigenvalue weighted by atomic mass is 10.0. The van der Waals surface area contributed by atoms with Gasteiger partial charge in [-0.2, -0.15) is 0 Å². The van der Waals surface area contributed by atoms with E-state index in [1.54, 1.807) is 0 Å². The molecule has 1 aromatic rings. The highest BCUT2D eigenvalue weighted by atomic mass is 16.2. The highest BCUT2D eigenvalue weighted by Gasteiger charge is 2.19. The van der Waals surface area contributed by atoms with E-state index < -0.39 is 0 Å². The number of aryl methyl sites for hydroxylation is 1. The first-order valence-electron chi connectivity index (χ1n) is 6.70. The molecule has 0 heterocycles. The molecule has 1 amide bonds. The van der Waals surface area contributed by atoms with Gasteiger partial charge in [0, 0.05) is 18.2 Å². The Morgan fingerprint density at radius 2 is 2.00 bits per heavy atom. The number of benzene rings is 1. The van der Waals surface area contributed by atoms with Crippen molar-refractivity contribution in [1.29, 1.82) is 0 Å². The molecule has 0 aliphatic heterocycles. The summed E-state index contributed by atoms with van der Waals surface area (Å²) in [5.74, 6) is 0.121. The standard InChI is InChI=1S/C15H24N2O/c1-4-13-8-5-6-9-14(13)15(18)17(12(2)3)11-7-10-16/h5-6,8-9,12H,4,7,10-11,16H2,1-3H3. The van der Waals surface area contributed by atoms with Gasteiger partial charge >= 0.3 is 0 Å². The van der Waals surface area contributed by atoms with Crippen LogP contribution in [0.25, 0.3) is 0 Å². The number of carbonyl (C=O) groups is 1. The summed E-state index contributed by atoms with van der Waals surface area (Å²) in [5, 5.41) is 0. The molecule has 0 saturated carbocycles. The molecule has 100 valence electrons. The Balaban J connectivity index is 2.94. The third-order valence-electron chi connectivity index (χ3n) is 3.12. The van der Waals surface area contributed by atoms with Crippen LogP contribution in [0.5, 0.6) is 0 Å². The Morgan fingerprint density at radius 3 is 2.56 bits per heavy atom. The monoisotopic (exact) mass is 248 g/mol. The highest BCUT2D eigenvalue weighted by molar-refractivity contribution is 5.95. The normalized spacial score (nSPS) is 10.7. The molecule has 0 unspecified atom stereocenters. The molecule has 3 nitrogen and oxygen atoms in total. The summed E-state index contributed by atoms with van der Waals surface area (Å²) in [6.45, 7) is 7.51. The van der Waals surface area contributed by atoms with E-state index in [-0.39, 0.29) is 11.9 Å². The van der Waals surface area contributed by atoms with Crippen LogP contribution in [0.2, 0.25) is 0 Å². The summed E-state index contributed by atoms with van der Waals surface area (Å²) in [6, 6.07) is 8.05. The molecule has 0 bridgehead atoms. The Labute approximate surface area is 110 Å². The van der Waals surface area contributed by atoms with Gasteiger partial charge in [0.2, 0.25) is 0 Å². The molecule has 0 saturated heterocycles. The smallest absolute Gasteiger partial charge is 0.254 e. The van der Waals surface area contributed by atoms with E-state index >= 15 is 0 Å². The number of hydrogen-bond acceptors (Lipinski definition) is 2. The average molecular weight is 248 g/mol. The molecule has 0 fully saturated rings. The summed E-state index contributed by atoms with van der Waals surface area (Å²) in [4.78, 5) is 14.5. The lowest BCUT2D eigenvalue weighted by molar-refractivity contribution is 0.0704. The number of carbonyl (C=O) groups excluding carboxylic acids is 1. The van der Waals surface area contributed by atoms with E-state index in [1.165, 1.54) is 0 Å². The van der Waals surface area contributed by atoms with Crippen molar-refractivity contribution in [1.82, 2.24) is 4.90 Å². The van der Waals surface area contributed by atoms with Crippen LogP contribution >= 0.6 is 0 Å². The number of nitrogens with two attached hydrogens (primary N) is 1. The quantitative estimate of drug-likeness (QED) is 0.840. The number of amides is 1. The molecule has 0 aromatic heterocycles. The van der Waals surface area contributed by atoms with Crippen molar-refractivity contribution in [2.75, 3.05) is 13.1 Å². The minimum atomic E-state index is 0.121. The van der Waals surface area contributed by atoms with Crippen molar-refractivity contribution in [3.8, 4) is 0 Å². The average Bonchev–Trinajstić information content (AvgIpc) is 2.38. The van der Waals surface area contributed by atoms with E-state index in [1.807, 2.05) is 43.0 Å². The summed E-state index contributed by atoms with van der Waals surface area (Å²) in [6.07, 6.45) is 1.73. The Morgan fingerprint density at radius 1 is 1.33 bits per heavy atom. The van der Waals surface area contributed by atoms with Crippen molar-refractivity contribution < 1.29 is 4.79 Å². The fourth-order valence-electron chi connectivity index (χ4n) is 2.05. The van der Waals surface area contributed by atoms with Crippen molar-refractivity contribution in [3.63, 3.8) is 0 Å². The SMILES string of the molecule is CCc1ccccc1C(=O)N(CCCN)C(C)C. The summed E-state index contributed by atoms with van der Waals surface area (Å²) in [5.41, 5.74) is 7.47. The van der Waals surface area contributed by atoms with Crippen LogP contribution in [0.4, 0.5) is 0 Å². The van der Waals surface area contributed by atoms with Gasteiger partial charge in [-0.25, -0.2) is 0 Å². The Kier molecular flexibility index (Phi) is 5.86. The van der Waals surface area contributed by atoms with E-state index in [4.69, 9.17) is 5.73 Å². The molecule has 2 N–H and O–H groups in total. The van der Waals surface area contributed by atoms with E-state index in [2.05, 4.69) is 6.92 Å². The molecular formula is C15H24N2O. The van der Waals surface area contributed by atoms with Crippen molar-refractivity contribution in [2.45, 2.75) is 39.7 Å². The molecule has 3 heteroatoms. The van der Waals surface area contributed by atoms with Gasteiger partial charge in [0.15, 0.2) is 0 Å². The first kappa shape index (κ1) is 14.7. The molecule has 1 aromatic carbocycles. The van der Waals surface area contributed by atoms with Crippen LogP contribution in [0.1, 0.15) is 43.1 Å². The molecule has 18 heavy (non-hydrogen) atoms. The van der Waals surface area contributed by atoms with Gasteiger partial charge in [0.25, 0.3) is 5.91 Å². The van der Waals surface area contributed by atoms with E-state index in [0.717, 1.165) is 30.5 Å². The second-order valence-corrected chi connectivity index (χ2v) is 4.75. The molecule has 0 atom stereocenters. The third-order valence-corrected chi connectivity index (χ3v) is 3.12. The van der Waals surface area contributed by atoms with Crippen molar-refractivity contribution in [3.05, 3.63) is 35.4 Å². The Hall–Kier alpha value is -1.35. The van der Waals surface area contributed by atoms with Crippen molar-refractivity contribution in [2.24, 2.45) is 5.73 Å². The predicted molar refractivity (Wildman–Crippen MR) is 75.7 cm³/mol. The van der Waals surface area contributed by atoms with Crippen LogP contribution in [-0.4, -0.2) is 29.9 Å². The van der Waals surface area contributed by atoms with Crippen LogP contribution in [0, 0.1) is 0 Å². The van der Waals surface area contributed by atoms with E-state index in [9.17, 15) is 4.79 Å². The van der Waals surface area contributed by atoms with Gasteiger partial charge in [0.1, 0.15) is 0 Å². The number of hydrogen-bond donors (Lipinski definition) is 1. The zero-order valence-corrected chi connectivity index (χ0v) is 11.6. The van der Waals surface area contributed by atoms with Gasteiger partial charge in [-0.05, 0) is 44.9 Å². The van der Waals surface area contributed by atoms with Gasteiger partial charge < -0.3 is 10.6 Å². The fraction of sp³-hybridized carbons (Fsp3) is 0.533.